The summed E-state index contributed by atoms with van der Waals surface area (Å²) in [5, 5.41) is 15.4. The average Bonchev–Trinajstić information content (AvgIpc) is 3.47. The van der Waals surface area contributed by atoms with Crippen LogP contribution in [0.4, 0.5) is 4.79 Å². The lowest BCUT2D eigenvalue weighted by molar-refractivity contribution is -0.122. The number of nitrogens with zero attached hydrogens (tertiary/aromatic N) is 3. The molecule has 0 radical (unpaired) electrons. The predicted molar refractivity (Wildman–Crippen MR) is 146 cm³/mol. The van der Waals surface area contributed by atoms with Gasteiger partial charge in [-0.2, -0.15) is 11.8 Å². The Morgan fingerprint density at radius 3 is 2.23 bits per heavy atom. The molecule has 0 aromatic heterocycles. The predicted octanol–water partition coefficient (Wildman–Crippen LogP) is 1.10. The molecule has 2 saturated heterocycles. The monoisotopic (exact) mass is 573 g/mol. The number of ether oxygens (including phenoxy) is 4. The third-order valence-corrected chi connectivity index (χ3v) is 7.57. The summed E-state index contributed by atoms with van der Waals surface area (Å²) in [7, 11) is 0. The van der Waals surface area contributed by atoms with Crippen molar-refractivity contribution in [3.63, 3.8) is 0 Å². The highest BCUT2D eigenvalue weighted by Gasteiger charge is 2.42. The van der Waals surface area contributed by atoms with Crippen LogP contribution in [0.5, 0.6) is 0 Å². The zero-order valence-electron chi connectivity index (χ0n) is 22.6. The number of hydrogen-bond donors (Lipinski definition) is 4. The van der Waals surface area contributed by atoms with Crippen LogP contribution < -0.4 is 21.3 Å². The highest BCUT2D eigenvalue weighted by atomic mass is 32.2. The molecule has 4 amide bonds. The maximum absolute atomic E-state index is 12.0. The summed E-state index contributed by atoms with van der Waals surface area (Å²) < 4.78 is 21.7. The minimum atomic E-state index is -0.0990. The molecule has 0 saturated carbocycles. The number of urea groups is 1. The van der Waals surface area contributed by atoms with Gasteiger partial charge in [-0.3, -0.25) is 9.59 Å². The number of hydrogen-bond acceptors (Lipinski definition) is 9. The number of amides is 4. The van der Waals surface area contributed by atoms with Crippen LogP contribution in [0.15, 0.2) is 5.11 Å². The van der Waals surface area contributed by atoms with Crippen molar-refractivity contribution in [2.75, 3.05) is 78.2 Å². The van der Waals surface area contributed by atoms with Gasteiger partial charge in [0.1, 0.15) is 0 Å². The van der Waals surface area contributed by atoms with E-state index in [2.05, 4.69) is 31.3 Å². The van der Waals surface area contributed by atoms with E-state index in [-0.39, 0.29) is 36.3 Å². The van der Waals surface area contributed by atoms with Crippen molar-refractivity contribution in [3.8, 4) is 0 Å². The van der Waals surface area contributed by atoms with Crippen LogP contribution >= 0.6 is 11.8 Å². The fourth-order valence-electron chi connectivity index (χ4n) is 4.06. The van der Waals surface area contributed by atoms with E-state index < -0.39 is 0 Å². The summed E-state index contributed by atoms with van der Waals surface area (Å²) in [4.78, 5) is 37.6. The van der Waals surface area contributed by atoms with Crippen LogP contribution in [0.1, 0.15) is 38.5 Å². The van der Waals surface area contributed by atoms with Gasteiger partial charge in [0.15, 0.2) is 0 Å². The van der Waals surface area contributed by atoms with E-state index in [1.807, 2.05) is 11.8 Å². The van der Waals surface area contributed by atoms with Gasteiger partial charge < -0.3 is 40.2 Å². The van der Waals surface area contributed by atoms with Gasteiger partial charge in [0.25, 0.3) is 0 Å². The molecule has 2 heterocycles. The molecule has 2 aliphatic rings. The van der Waals surface area contributed by atoms with E-state index in [1.165, 1.54) is 0 Å². The lowest BCUT2D eigenvalue weighted by Crippen LogP contribution is -2.36. The first kappa shape index (κ1) is 32.9. The molecule has 0 bridgehead atoms. The smallest absolute Gasteiger partial charge is 0.315 e. The molecule has 14 nitrogen and oxygen atoms in total. The van der Waals surface area contributed by atoms with E-state index in [9.17, 15) is 14.4 Å². The Balaban J connectivity index is 1.25. The van der Waals surface area contributed by atoms with Crippen molar-refractivity contribution >= 4 is 29.6 Å². The molecule has 0 spiro atoms. The highest BCUT2D eigenvalue weighted by molar-refractivity contribution is 8.00. The first-order valence-corrected chi connectivity index (χ1v) is 14.7. The van der Waals surface area contributed by atoms with Crippen molar-refractivity contribution in [1.82, 2.24) is 21.3 Å². The molecule has 15 heteroatoms. The molecule has 4 N–H and O–H groups in total. The Morgan fingerprint density at radius 2 is 1.51 bits per heavy atom. The van der Waals surface area contributed by atoms with E-state index in [1.54, 1.807) is 0 Å². The third-order valence-electron chi connectivity index (χ3n) is 6.06. The molecule has 222 valence electrons. The van der Waals surface area contributed by atoms with Crippen LogP contribution in [-0.4, -0.2) is 113 Å². The number of rotatable bonds is 24. The van der Waals surface area contributed by atoms with Gasteiger partial charge in [-0.25, -0.2) is 4.79 Å². The van der Waals surface area contributed by atoms with Gasteiger partial charge in [0, 0.05) is 48.4 Å². The third kappa shape index (κ3) is 15.8. The van der Waals surface area contributed by atoms with E-state index >= 15 is 0 Å². The molecule has 0 aromatic rings. The zero-order valence-corrected chi connectivity index (χ0v) is 23.4. The van der Waals surface area contributed by atoms with Crippen molar-refractivity contribution in [2.24, 2.45) is 5.11 Å². The molecule has 39 heavy (non-hydrogen) atoms. The molecule has 0 unspecified atom stereocenters. The molecule has 3 atom stereocenters. The normalized spacial score (nSPS) is 19.6. The summed E-state index contributed by atoms with van der Waals surface area (Å²) in [5.74, 6) is 0.890. The van der Waals surface area contributed by atoms with Gasteiger partial charge in [0.2, 0.25) is 11.8 Å². The van der Waals surface area contributed by atoms with E-state index in [0.29, 0.717) is 90.6 Å². The maximum Gasteiger partial charge on any atom is 0.315 e. The Bertz CT molecular complexity index is 773. The van der Waals surface area contributed by atoms with Crippen molar-refractivity contribution in [3.05, 3.63) is 10.4 Å². The van der Waals surface area contributed by atoms with Crippen LogP contribution in [0.2, 0.25) is 0 Å². The molecule has 2 aliphatic heterocycles. The number of unbranched alkanes of at least 4 members (excludes halogenated alkanes) is 1. The fraction of sp³-hybridized carbons (Fsp3) is 0.875. The van der Waals surface area contributed by atoms with E-state index in [0.717, 1.165) is 25.0 Å². The van der Waals surface area contributed by atoms with Gasteiger partial charge in [-0.1, -0.05) is 11.5 Å². The molecule has 0 aromatic carbocycles. The molecule has 0 aliphatic carbocycles. The number of thioether (sulfide) groups is 1. The summed E-state index contributed by atoms with van der Waals surface area (Å²) >= 11 is 1.90. The Kier molecular flexibility index (Phi) is 18.2. The number of carbonyl (C=O) groups is 3. The number of nitrogens with one attached hydrogen (secondary N) is 4. The quantitative estimate of drug-likeness (QED) is 0.0435. The topological polar surface area (TPSA) is 185 Å². The fourth-order valence-corrected chi connectivity index (χ4v) is 5.61. The minimum Gasteiger partial charge on any atom is -0.379 e. The molecule has 2 rings (SSSR count). The second-order valence-electron chi connectivity index (χ2n) is 9.08. The maximum atomic E-state index is 12.0. The summed E-state index contributed by atoms with van der Waals surface area (Å²) in [6.07, 6.45) is 4.20. The largest absolute Gasteiger partial charge is 0.379 e. The Labute approximate surface area is 234 Å². The number of fused-ring (bicyclic) bond motifs is 1. The van der Waals surface area contributed by atoms with Crippen LogP contribution in [-0.2, 0) is 28.5 Å². The number of azide groups is 1. The van der Waals surface area contributed by atoms with Crippen molar-refractivity contribution < 1.29 is 33.3 Å². The van der Waals surface area contributed by atoms with Crippen LogP contribution in [0, 0.1) is 0 Å². The lowest BCUT2D eigenvalue weighted by atomic mass is 10.0. The Morgan fingerprint density at radius 1 is 0.872 bits per heavy atom. The SMILES string of the molecule is [N-]=[N+]=NCCCNC(=O)CCOCCOCCOCCOCCNC(=O)CCCC[C@@H]1SC[C@@H]2NC(=O)N[C@@H]21. The zero-order chi connectivity index (χ0) is 28.0. The minimum absolute atomic E-state index is 0.0333. The standard InChI is InChI=1S/C24H43N7O7S/c25-31-28-8-3-7-26-22(33)6-10-35-12-14-37-16-17-38-15-13-36-11-9-27-21(32)5-2-1-4-20-23-19(18-39-20)29-24(34)30-23/h19-20,23H,1-18H2,(H,26,33)(H,27,32)(H2,29,30,34)/t19-,20-,23-/m0/s1. The Hall–Kier alpha value is -2.29. The van der Waals surface area contributed by atoms with Gasteiger partial charge >= 0.3 is 6.03 Å². The van der Waals surface area contributed by atoms with Gasteiger partial charge in [0.05, 0.1) is 64.9 Å². The summed E-state index contributed by atoms with van der Waals surface area (Å²) in [6.45, 7) is 4.67. The second kappa shape index (κ2) is 21.5. The molecular weight excluding hydrogens is 530 g/mol. The molecule has 2 fully saturated rings. The van der Waals surface area contributed by atoms with Crippen LogP contribution in [0.25, 0.3) is 10.4 Å². The first-order chi connectivity index (χ1) is 19.1. The number of carbonyl (C=O) groups excluding carboxylic acids is 3. The van der Waals surface area contributed by atoms with Gasteiger partial charge in [-0.05, 0) is 24.8 Å². The van der Waals surface area contributed by atoms with Crippen LogP contribution in [0.3, 0.4) is 0 Å². The highest BCUT2D eigenvalue weighted by Crippen LogP contribution is 2.33. The second-order valence-corrected chi connectivity index (χ2v) is 10.3. The van der Waals surface area contributed by atoms with Crippen molar-refractivity contribution in [2.45, 2.75) is 55.9 Å². The first-order valence-electron chi connectivity index (χ1n) is 13.6. The molecular formula is C24H43N7O7S. The van der Waals surface area contributed by atoms with E-state index in [4.69, 9.17) is 24.5 Å². The summed E-state index contributed by atoms with van der Waals surface area (Å²) in [6, 6.07) is 0.399. The lowest BCUT2D eigenvalue weighted by Gasteiger charge is -2.16. The summed E-state index contributed by atoms with van der Waals surface area (Å²) in [5.41, 5.74) is 8.16. The van der Waals surface area contributed by atoms with Crippen molar-refractivity contribution in [1.29, 1.82) is 0 Å². The van der Waals surface area contributed by atoms with Gasteiger partial charge in [-0.15, -0.1) is 0 Å². The average molecular weight is 574 g/mol.